The second kappa shape index (κ2) is 6.48. The lowest BCUT2D eigenvalue weighted by Gasteiger charge is -2.06. The summed E-state index contributed by atoms with van der Waals surface area (Å²) in [5.41, 5.74) is 3.59. The summed E-state index contributed by atoms with van der Waals surface area (Å²) in [6.07, 6.45) is 1.66. The van der Waals surface area contributed by atoms with E-state index in [1.165, 1.54) is 5.54 Å². The first-order chi connectivity index (χ1) is 9.69. The fraction of sp³-hybridized carbons (Fsp3) is 0.267. The van der Waals surface area contributed by atoms with Gasteiger partial charge in [-0.1, -0.05) is 23.7 Å². The highest BCUT2D eigenvalue weighted by Crippen LogP contribution is 2.33. The molecule has 1 aromatic carbocycles. The number of aryl methyl sites for hydroxylation is 1. The molecule has 5 heteroatoms. The van der Waals surface area contributed by atoms with E-state index in [2.05, 4.69) is 4.98 Å². The van der Waals surface area contributed by atoms with Gasteiger partial charge in [-0.25, -0.2) is 4.79 Å². The predicted molar refractivity (Wildman–Crippen MR) is 79.5 cm³/mol. The molecule has 0 saturated carbocycles. The molecule has 0 aliphatic rings. The fourth-order valence-electron chi connectivity index (χ4n) is 2.05. The average Bonchev–Trinajstić information content (AvgIpc) is 2.80. The van der Waals surface area contributed by atoms with E-state index in [1.807, 2.05) is 25.1 Å². The van der Waals surface area contributed by atoms with Gasteiger partial charge in [0.15, 0.2) is 11.4 Å². The van der Waals surface area contributed by atoms with Crippen LogP contribution in [0.25, 0.3) is 10.9 Å². The van der Waals surface area contributed by atoms with Crippen molar-refractivity contribution in [3.8, 4) is 5.75 Å². The van der Waals surface area contributed by atoms with Crippen LogP contribution in [0.2, 0.25) is 0 Å². The number of benzene rings is 1. The minimum atomic E-state index is -0.423. The number of hydrogen-bond donors (Lipinski definition) is 1. The van der Waals surface area contributed by atoms with Crippen LogP contribution in [0.3, 0.4) is 0 Å². The number of hydrogen-bond acceptors (Lipinski definition) is 3. The summed E-state index contributed by atoms with van der Waals surface area (Å²) >= 11 is 5.48. The van der Waals surface area contributed by atoms with E-state index < -0.39 is 5.97 Å². The van der Waals surface area contributed by atoms with Crippen LogP contribution in [0.1, 0.15) is 23.0 Å². The zero-order valence-electron chi connectivity index (χ0n) is 11.4. The molecular weight excluding hydrogens is 278 g/mol. The van der Waals surface area contributed by atoms with Gasteiger partial charge in [-0.3, -0.25) is 0 Å². The van der Waals surface area contributed by atoms with Gasteiger partial charge in [0.1, 0.15) is 6.61 Å². The summed E-state index contributed by atoms with van der Waals surface area (Å²) in [6.45, 7) is 4.34. The Balaban J connectivity index is 2.51. The maximum absolute atomic E-state index is 12.0. The highest BCUT2D eigenvalue weighted by Gasteiger charge is 2.21. The summed E-state index contributed by atoms with van der Waals surface area (Å²) < 4.78 is 10.7. The van der Waals surface area contributed by atoms with Crippen molar-refractivity contribution in [2.45, 2.75) is 13.8 Å². The van der Waals surface area contributed by atoms with Crippen LogP contribution in [-0.4, -0.2) is 24.2 Å². The summed E-state index contributed by atoms with van der Waals surface area (Å²) in [4.78, 5) is 15.1. The van der Waals surface area contributed by atoms with Crippen LogP contribution in [0.4, 0.5) is 0 Å². The van der Waals surface area contributed by atoms with Gasteiger partial charge in [-0.15, -0.1) is 0 Å². The normalized spacial score (nSPS) is 11.2. The number of aromatic amines is 1. The molecule has 0 unspecified atom stereocenters. The third kappa shape index (κ3) is 2.80. The van der Waals surface area contributed by atoms with Crippen LogP contribution in [-0.2, 0) is 4.74 Å². The SMILES string of the molecule is CCOC(=O)c1[nH]c2cccc(C)c2c1OC/C=C/Cl. The molecule has 4 nitrogen and oxygen atoms in total. The van der Waals surface area contributed by atoms with Crippen molar-refractivity contribution in [3.63, 3.8) is 0 Å². The Hall–Kier alpha value is -1.94. The second-order valence-electron chi connectivity index (χ2n) is 4.22. The Morgan fingerprint density at radius 3 is 2.95 bits per heavy atom. The third-order valence-corrected chi connectivity index (χ3v) is 3.06. The molecule has 1 heterocycles. The fourth-order valence-corrected chi connectivity index (χ4v) is 2.12. The van der Waals surface area contributed by atoms with Gasteiger partial charge in [0.05, 0.1) is 12.1 Å². The summed E-state index contributed by atoms with van der Waals surface area (Å²) in [7, 11) is 0. The van der Waals surface area contributed by atoms with Crippen LogP contribution in [0.15, 0.2) is 29.8 Å². The predicted octanol–water partition coefficient (Wildman–Crippen LogP) is 3.78. The van der Waals surface area contributed by atoms with Gasteiger partial charge in [-0.05, 0) is 31.6 Å². The van der Waals surface area contributed by atoms with Crippen LogP contribution in [0, 0.1) is 6.92 Å². The number of H-pyrrole nitrogens is 1. The lowest BCUT2D eigenvalue weighted by molar-refractivity contribution is 0.0516. The average molecular weight is 294 g/mol. The van der Waals surface area contributed by atoms with E-state index in [9.17, 15) is 4.79 Å². The lowest BCUT2D eigenvalue weighted by Crippen LogP contribution is -2.07. The third-order valence-electron chi connectivity index (χ3n) is 2.88. The van der Waals surface area contributed by atoms with Crippen LogP contribution >= 0.6 is 11.6 Å². The molecule has 0 saturated heterocycles. The Labute approximate surface area is 122 Å². The maximum Gasteiger partial charge on any atom is 0.358 e. The minimum Gasteiger partial charge on any atom is -0.486 e. The molecule has 0 spiro atoms. The zero-order valence-corrected chi connectivity index (χ0v) is 12.2. The molecule has 0 aliphatic heterocycles. The lowest BCUT2D eigenvalue weighted by atomic mass is 10.1. The quantitative estimate of drug-likeness (QED) is 0.854. The van der Waals surface area contributed by atoms with Gasteiger partial charge in [0.2, 0.25) is 0 Å². The number of fused-ring (bicyclic) bond motifs is 1. The van der Waals surface area contributed by atoms with Crippen molar-refractivity contribution in [2.75, 3.05) is 13.2 Å². The summed E-state index contributed by atoms with van der Waals surface area (Å²) in [5.74, 6) is 0.0827. The standard InChI is InChI=1S/C15H16ClNO3/c1-3-19-15(18)13-14(20-9-5-8-16)12-10(2)6-4-7-11(12)17-13/h4-8,17H,3,9H2,1-2H3/b8-5+. The molecule has 0 fully saturated rings. The highest BCUT2D eigenvalue weighted by molar-refractivity contribution is 6.25. The van der Waals surface area contributed by atoms with Crippen LogP contribution < -0.4 is 4.74 Å². The molecule has 1 aromatic heterocycles. The van der Waals surface area contributed by atoms with Crippen molar-refractivity contribution < 1.29 is 14.3 Å². The summed E-state index contributed by atoms with van der Waals surface area (Å²) in [5, 5.41) is 0.888. The number of nitrogens with one attached hydrogen (secondary N) is 1. The van der Waals surface area contributed by atoms with Crippen molar-refractivity contribution in [1.82, 2.24) is 4.98 Å². The first kappa shape index (κ1) is 14.5. The highest BCUT2D eigenvalue weighted by atomic mass is 35.5. The molecular formula is C15H16ClNO3. The van der Waals surface area contributed by atoms with E-state index in [0.717, 1.165) is 16.5 Å². The number of rotatable bonds is 5. The number of ether oxygens (including phenoxy) is 2. The van der Waals surface area contributed by atoms with Gasteiger partial charge >= 0.3 is 5.97 Å². The molecule has 0 atom stereocenters. The van der Waals surface area contributed by atoms with E-state index >= 15 is 0 Å². The molecule has 0 radical (unpaired) electrons. The molecule has 0 amide bonds. The molecule has 2 rings (SSSR count). The molecule has 0 aliphatic carbocycles. The van der Waals surface area contributed by atoms with Gasteiger partial charge < -0.3 is 14.5 Å². The van der Waals surface area contributed by atoms with Gasteiger partial charge in [-0.2, -0.15) is 0 Å². The van der Waals surface area contributed by atoms with E-state index in [-0.39, 0.29) is 6.61 Å². The van der Waals surface area contributed by atoms with E-state index in [1.54, 1.807) is 13.0 Å². The van der Waals surface area contributed by atoms with Gasteiger partial charge in [0, 0.05) is 10.9 Å². The smallest absolute Gasteiger partial charge is 0.358 e. The number of carbonyl (C=O) groups excluding carboxylic acids is 1. The molecule has 106 valence electrons. The van der Waals surface area contributed by atoms with Crippen molar-refractivity contribution in [1.29, 1.82) is 0 Å². The second-order valence-corrected chi connectivity index (χ2v) is 4.47. The van der Waals surface area contributed by atoms with E-state index in [4.69, 9.17) is 21.1 Å². The van der Waals surface area contributed by atoms with Crippen molar-refractivity contribution >= 4 is 28.5 Å². The van der Waals surface area contributed by atoms with Crippen LogP contribution in [0.5, 0.6) is 5.75 Å². The Morgan fingerprint density at radius 1 is 1.45 bits per heavy atom. The maximum atomic E-state index is 12.0. The first-order valence-electron chi connectivity index (χ1n) is 6.35. The summed E-state index contributed by atoms with van der Waals surface area (Å²) in [6, 6.07) is 5.79. The molecule has 2 aromatic rings. The number of carbonyl (C=O) groups is 1. The minimum absolute atomic E-state index is 0.289. The Kier molecular flexibility index (Phi) is 4.69. The van der Waals surface area contributed by atoms with E-state index in [0.29, 0.717) is 18.1 Å². The topological polar surface area (TPSA) is 51.3 Å². The first-order valence-corrected chi connectivity index (χ1v) is 6.79. The Morgan fingerprint density at radius 2 is 2.25 bits per heavy atom. The molecule has 20 heavy (non-hydrogen) atoms. The van der Waals surface area contributed by atoms with Gasteiger partial charge in [0.25, 0.3) is 0 Å². The van der Waals surface area contributed by atoms with Crippen molar-refractivity contribution in [3.05, 3.63) is 41.1 Å². The number of halogens is 1. The number of aromatic nitrogens is 1. The Bertz CT molecular complexity index is 646. The molecule has 1 N–H and O–H groups in total. The molecule has 0 bridgehead atoms. The number of esters is 1. The largest absolute Gasteiger partial charge is 0.486 e. The zero-order chi connectivity index (χ0) is 14.5. The monoisotopic (exact) mass is 293 g/mol. The van der Waals surface area contributed by atoms with Crippen molar-refractivity contribution in [2.24, 2.45) is 0 Å².